The molecule has 7 amide bonds. The van der Waals surface area contributed by atoms with Crippen molar-refractivity contribution in [3.05, 3.63) is 107 Å². The number of rotatable bonds is 13. The number of benzene rings is 4. The first-order valence-electron chi connectivity index (χ1n) is 22.0. The molecular weight excluding hydrogens is 882 g/mol. The van der Waals surface area contributed by atoms with E-state index in [9.17, 15) is 43.8 Å². The summed E-state index contributed by atoms with van der Waals surface area (Å²) in [6.07, 6.45) is 1.94. The summed E-state index contributed by atoms with van der Waals surface area (Å²) < 4.78 is 0. The molecule has 6 rings (SSSR count). The number of phenols is 2. The van der Waals surface area contributed by atoms with Gasteiger partial charge in [-0.3, -0.25) is 39.0 Å². The number of likely N-dealkylation sites (N-methyl/N-ethyl adjacent to an activating group) is 1. The van der Waals surface area contributed by atoms with Crippen LogP contribution in [0.15, 0.2) is 84.9 Å². The number of unbranched alkanes of at least 4 members (excludes halogenated alkanes) is 1. The fourth-order valence-electron chi connectivity index (χ4n) is 8.36. The van der Waals surface area contributed by atoms with Crippen molar-refractivity contribution in [2.45, 2.75) is 88.6 Å². The highest BCUT2D eigenvalue weighted by atomic mass is 35.5. The molecule has 0 spiro atoms. The molecule has 0 radical (unpaired) electrons. The van der Waals surface area contributed by atoms with Gasteiger partial charge in [0.2, 0.25) is 29.5 Å². The van der Waals surface area contributed by atoms with Crippen molar-refractivity contribution < 1.29 is 43.8 Å². The molecule has 354 valence electrons. The summed E-state index contributed by atoms with van der Waals surface area (Å²) in [4.78, 5) is 99.1. The molecule has 2 aliphatic rings. The van der Waals surface area contributed by atoms with Crippen LogP contribution in [0, 0.1) is 0 Å². The van der Waals surface area contributed by atoms with Crippen LogP contribution >= 0.6 is 11.6 Å². The van der Waals surface area contributed by atoms with Crippen LogP contribution in [0.5, 0.6) is 11.5 Å². The van der Waals surface area contributed by atoms with Crippen molar-refractivity contribution in [1.82, 2.24) is 36.5 Å². The van der Waals surface area contributed by atoms with E-state index in [-0.39, 0.29) is 53.1 Å². The smallest absolute Gasteiger partial charge is 0.256 e. The van der Waals surface area contributed by atoms with Gasteiger partial charge in [-0.05, 0) is 123 Å². The van der Waals surface area contributed by atoms with Crippen molar-refractivity contribution in [1.29, 1.82) is 0 Å². The Morgan fingerprint density at radius 2 is 1.49 bits per heavy atom. The summed E-state index contributed by atoms with van der Waals surface area (Å²) in [7, 11) is 1.38. The lowest BCUT2D eigenvalue weighted by molar-refractivity contribution is -0.142. The number of hydrazine groups is 1. The average Bonchev–Trinajstić information content (AvgIpc) is 3.81. The molecule has 6 unspecified atom stereocenters. The third-order valence-corrected chi connectivity index (χ3v) is 12.3. The van der Waals surface area contributed by atoms with Crippen molar-refractivity contribution in [3.8, 4) is 33.8 Å². The van der Waals surface area contributed by atoms with Crippen molar-refractivity contribution in [3.63, 3.8) is 0 Å². The van der Waals surface area contributed by atoms with Crippen molar-refractivity contribution in [2.75, 3.05) is 20.1 Å². The summed E-state index contributed by atoms with van der Waals surface area (Å²) >= 11 is 6.05. The van der Waals surface area contributed by atoms with Crippen LogP contribution in [0.3, 0.4) is 0 Å². The van der Waals surface area contributed by atoms with Crippen LogP contribution in [-0.4, -0.2) is 112 Å². The predicted octanol–water partition coefficient (Wildman–Crippen LogP) is 2.54. The summed E-state index contributed by atoms with van der Waals surface area (Å²) in [6, 6.07) is 15.4. The molecule has 1 fully saturated rings. The molecule has 19 heteroatoms. The molecule has 6 atom stereocenters. The molecule has 4 bridgehead atoms. The van der Waals surface area contributed by atoms with E-state index in [1.54, 1.807) is 36.4 Å². The van der Waals surface area contributed by atoms with Crippen LogP contribution in [0.4, 0.5) is 0 Å². The molecule has 4 aromatic carbocycles. The van der Waals surface area contributed by atoms with E-state index < -0.39 is 77.6 Å². The van der Waals surface area contributed by atoms with Crippen LogP contribution in [0.25, 0.3) is 22.3 Å². The number of likely N-dealkylation sites (tertiary alicyclic amines) is 1. The first kappa shape index (κ1) is 49.4. The Kier molecular flexibility index (Phi) is 16.2. The zero-order chi connectivity index (χ0) is 48.5. The summed E-state index contributed by atoms with van der Waals surface area (Å²) in [5, 5.41) is 33.8. The van der Waals surface area contributed by atoms with Crippen LogP contribution in [0.2, 0.25) is 5.02 Å². The minimum absolute atomic E-state index is 0.0846. The van der Waals surface area contributed by atoms with Gasteiger partial charge in [-0.1, -0.05) is 48.0 Å². The monoisotopic (exact) mass is 937 g/mol. The lowest BCUT2D eigenvalue weighted by atomic mass is 9.93. The molecule has 18 nitrogen and oxygen atoms in total. The SMILES string of the molecule is CC1NC(=O)C(N(C)C(=O)C(CCCCN)NC(=O)c2ccc(-c3ccc(Cl)cc3)cc2)c2ccc(O)c(c2)-c2cc(ccc2O)CC(C(=O)NC(C)C(=O)N2CCCC2C(=O)NN)NC1=O. The first-order valence-corrected chi connectivity index (χ1v) is 22.4. The maximum atomic E-state index is 14.6. The lowest BCUT2D eigenvalue weighted by Gasteiger charge is -2.32. The minimum Gasteiger partial charge on any atom is -0.507 e. The van der Waals surface area contributed by atoms with E-state index in [1.807, 2.05) is 12.1 Å². The van der Waals surface area contributed by atoms with Crippen LogP contribution in [-0.2, 0) is 35.2 Å². The number of hydrogen-bond donors (Lipinski definition) is 9. The van der Waals surface area contributed by atoms with Gasteiger partial charge in [-0.25, -0.2) is 5.84 Å². The van der Waals surface area contributed by atoms with Gasteiger partial charge in [0, 0.05) is 41.7 Å². The van der Waals surface area contributed by atoms with Crippen molar-refractivity contribution >= 4 is 53.0 Å². The van der Waals surface area contributed by atoms with Gasteiger partial charge in [0.25, 0.3) is 11.8 Å². The first-order chi connectivity index (χ1) is 32.0. The molecular formula is C48H56ClN9O9. The van der Waals surface area contributed by atoms with Gasteiger partial charge in [0.1, 0.15) is 47.8 Å². The summed E-state index contributed by atoms with van der Waals surface area (Å²) in [5.41, 5.74) is 10.7. The van der Waals surface area contributed by atoms with E-state index in [1.165, 1.54) is 62.2 Å². The Morgan fingerprint density at radius 3 is 2.15 bits per heavy atom. The highest BCUT2D eigenvalue weighted by molar-refractivity contribution is 6.30. The maximum Gasteiger partial charge on any atom is 0.256 e. The van der Waals surface area contributed by atoms with E-state index in [0.29, 0.717) is 42.8 Å². The molecule has 4 aromatic rings. The summed E-state index contributed by atoms with van der Waals surface area (Å²) in [5.74, 6) is 0.153. The molecule has 2 heterocycles. The number of carbonyl (C=O) groups is 7. The maximum absolute atomic E-state index is 14.6. The molecule has 11 N–H and O–H groups in total. The van der Waals surface area contributed by atoms with E-state index in [2.05, 4.69) is 26.7 Å². The molecule has 0 aliphatic carbocycles. The number of phenolic OH excluding ortho intramolecular Hbond substituents is 2. The standard InChI is InChI=1S/C48H56ClN9O9/c1-26-42(61)55-37(44(63)53-27(2)47(66)58-22-6-8-38(58)45(64)56-51)24-28-9-19-39(59)34(23-28)35-25-32(16-20-40(35)60)41(46(65)52-26)57(3)48(67)36(7-4-5-21-50)54-43(62)31-12-10-29(11-13-31)30-14-17-33(49)18-15-30/h9-20,23,25-27,36-38,41,59-60H,4-8,21-22,24,50-51H2,1-3H3,(H,52,65)(H,53,63)(H,54,62)(H,55,61)(H,56,64). The second-order valence-electron chi connectivity index (χ2n) is 16.8. The predicted molar refractivity (Wildman–Crippen MR) is 250 cm³/mol. The Morgan fingerprint density at radius 1 is 0.851 bits per heavy atom. The second-order valence-corrected chi connectivity index (χ2v) is 17.2. The number of carbonyl (C=O) groups excluding carboxylic acids is 7. The molecule has 67 heavy (non-hydrogen) atoms. The molecule has 1 saturated heterocycles. The number of hydrogen-bond acceptors (Lipinski definition) is 11. The number of halogens is 1. The quantitative estimate of drug-likeness (QED) is 0.0407. The largest absolute Gasteiger partial charge is 0.507 e. The Hall–Kier alpha value is -7.02. The highest BCUT2D eigenvalue weighted by Gasteiger charge is 2.38. The fraction of sp³-hybridized carbons (Fsp3) is 0.354. The van der Waals surface area contributed by atoms with Crippen molar-refractivity contribution in [2.24, 2.45) is 11.6 Å². The minimum atomic E-state index is -1.47. The van der Waals surface area contributed by atoms with Gasteiger partial charge in [0.05, 0.1) is 0 Å². The Bertz CT molecular complexity index is 2510. The number of nitrogens with one attached hydrogen (secondary N) is 5. The highest BCUT2D eigenvalue weighted by Crippen LogP contribution is 2.39. The zero-order valence-electron chi connectivity index (χ0n) is 37.4. The molecule has 0 saturated carbocycles. The number of nitrogens with two attached hydrogens (primary N) is 2. The Balaban J connectivity index is 1.29. The van der Waals surface area contributed by atoms with E-state index in [4.69, 9.17) is 23.2 Å². The van der Waals surface area contributed by atoms with E-state index >= 15 is 0 Å². The van der Waals surface area contributed by atoms with Gasteiger partial charge < -0.3 is 47.0 Å². The second kappa shape index (κ2) is 22.0. The topological polar surface area (TPSA) is 279 Å². The van der Waals surface area contributed by atoms with E-state index in [0.717, 1.165) is 16.0 Å². The molecule has 0 aromatic heterocycles. The third-order valence-electron chi connectivity index (χ3n) is 12.1. The Labute approximate surface area is 392 Å². The summed E-state index contributed by atoms with van der Waals surface area (Å²) in [6.45, 7) is 3.44. The average molecular weight is 938 g/mol. The number of nitrogens with zero attached hydrogens (tertiary/aromatic N) is 2. The zero-order valence-corrected chi connectivity index (χ0v) is 38.1. The van der Waals surface area contributed by atoms with Crippen LogP contribution < -0.4 is 38.3 Å². The number of fused-ring (bicyclic) bond motifs is 5. The number of amides is 7. The van der Waals surface area contributed by atoms with Gasteiger partial charge in [0.15, 0.2) is 0 Å². The fourth-order valence-corrected chi connectivity index (χ4v) is 8.49. The van der Waals surface area contributed by atoms with Gasteiger partial charge >= 0.3 is 0 Å². The number of aromatic hydroxyl groups is 2. The normalized spacial score (nSPS) is 19.2. The van der Waals surface area contributed by atoms with Gasteiger partial charge in [-0.15, -0.1) is 0 Å². The lowest BCUT2D eigenvalue weighted by Crippen LogP contribution is -2.58. The van der Waals surface area contributed by atoms with Gasteiger partial charge in [-0.2, -0.15) is 0 Å². The molecule has 2 aliphatic heterocycles. The van der Waals surface area contributed by atoms with Crippen LogP contribution in [0.1, 0.15) is 73.5 Å². The third kappa shape index (κ3) is 11.7.